The van der Waals surface area contributed by atoms with E-state index < -0.39 is 0 Å². The molecular formula is C14H19N3O3S. The van der Waals surface area contributed by atoms with E-state index in [1.54, 1.807) is 12.1 Å². The van der Waals surface area contributed by atoms with Gasteiger partial charge in [0.05, 0.1) is 11.4 Å². The first kappa shape index (κ1) is 15.5. The van der Waals surface area contributed by atoms with Crippen molar-refractivity contribution in [3.05, 3.63) is 22.4 Å². The van der Waals surface area contributed by atoms with Gasteiger partial charge in [0.1, 0.15) is 0 Å². The standard InChI is InChI=1S/C14H19N3O3S/c18-12(10-16-14(20)11-4-2-9-21-11)15-6-3-8-17-7-1-5-13(17)19/h2,4,9H,1,3,5-8,10H2,(H,15,18)(H,16,20). The molecule has 114 valence electrons. The van der Waals surface area contributed by atoms with Crippen molar-refractivity contribution in [1.82, 2.24) is 15.5 Å². The van der Waals surface area contributed by atoms with E-state index in [1.165, 1.54) is 11.3 Å². The van der Waals surface area contributed by atoms with Crippen LogP contribution in [0.15, 0.2) is 17.5 Å². The summed E-state index contributed by atoms with van der Waals surface area (Å²) in [5.74, 6) is -0.250. The normalized spacial score (nSPS) is 14.3. The Morgan fingerprint density at radius 3 is 2.86 bits per heavy atom. The van der Waals surface area contributed by atoms with Gasteiger partial charge >= 0.3 is 0 Å². The highest BCUT2D eigenvalue weighted by atomic mass is 32.1. The Balaban J connectivity index is 1.55. The predicted octanol–water partition coefficient (Wildman–Crippen LogP) is 0.607. The number of thiophene rings is 1. The van der Waals surface area contributed by atoms with Crippen molar-refractivity contribution in [3.8, 4) is 0 Å². The highest BCUT2D eigenvalue weighted by molar-refractivity contribution is 7.12. The summed E-state index contributed by atoms with van der Waals surface area (Å²) in [6.07, 6.45) is 2.30. The van der Waals surface area contributed by atoms with E-state index in [4.69, 9.17) is 0 Å². The van der Waals surface area contributed by atoms with Crippen LogP contribution in [-0.4, -0.2) is 48.8 Å². The summed E-state index contributed by atoms with van der Waals surface area (Å²) in [4.78, 5) is 37.0. The summed E-state index contributed by atoms with van der Waals surface area (Å²) in [5, 5.41) is 7.12. The van der Waals surface area contributed by atoms with Gasteiger partial charge in [-0.2, -0.15) is 0 Å². The molecule has 0 radical (unpaired) electrons. The maximum absolute atomic E-state index is 11.6. The molecule has 0 unspecified atom stereocenters. The molecule has 2 rings (SSSR count). The lowest BCUT2D eigenvalue weighted by Gasteiger charge is -2.15. The lowest BCUT2D eigenvalue weighted by molar-refractivity contribution is -0.127. The number of carbonyl (C=O) groups is 3. The summed E-state index contributed by atoms with van der Waals surface area (Å²) in [7, 11) is 0. The minimum absolute atomic E-state index is 0.0284. The third-order valence-corrected chi connectivity index (χ3v) is 4.12. The van der Waals surface area contributed by atoms with Gasteiger partial charge in [-0.15, -0.1) is 11.3 Å². The zero-order valence-electron chi connectivity index (χ0n) is 11.8. The number of nitrogens with one attached hydrogen (secondary N) is 2. The van der Waals surface area contributed by atoms with Gasteiger partial charge in [0.2, 0.25) is 11.8 Å². The second-order valence-electron chi connectivity index (χ2n) is 4.85. The SMILES string of the molecule is O=C(CNC(=O)c1cccs1)NCCCN1CCCC1=O. The van der Waals surface area contributed by atoms with Crippen LogP contribution in [0, 0.1) is 0 Å². The molecule has 6 nitrogen and oxygen atoms in total. The first-order valence-corrected chi connectivity index (χ1v) is 7.91. The Labute approximate surface area is 127 Å². The van der Waals surface area contributed by atoms with Crippen molar-refractivity contribution in [2.45, 2.75) is 19.3 Å². The van der Waals surface area contributed by atoms with Crippen LogP contribution >= 0.6 is 11.3 Å². The lowest BCUT2D eigenvalue weighted by Crippen LogP contribution is -2.38. The van der Waals surface area contributed by atoms with Crippen molar-refractivity contribution in [2.24, 2.45) is 0 Å². The highest BCUT2D eigenvalue weighted by Crippen LogP contribution is 2.09. The second kappa shape index (κ2) is 7.78. The third kappa shape index (κ3) is 4.86. The van der Waals surface area contributed by atoms with Crippen LogP contribution < -0.4 is 10.6 Å². The van der Waals surface area contributed by atoms with Crippen molar-refractivity contribution in [2.75, 3.05) is 26.2 Å². The van der Waals surface area contributed by atoms with Gasteiger partial charge in [-0.1, -0.05) is 6.07 Å². The number of likely N-dealkylation sites (tertiary alicyclic amines) is 1. The van der Waals surface area contributed by atoms with Gasteiger partial charge in [0, 0.05) is 26.1 Å². The average Bonchev–Trinajstić information content (AvgIpc) is 3.13. The van der Waals surface area contributed by atoms with E-state index in [2.05, 4.69) is 10.6 Å². The summed E-state index contributed by atoms with van der Waals surface area (Å²) in [6.45, 7) is 1.99. The van der Waals surface area contributed by atoms with Crippen LogP contribution in [-0.2, 0) is 9.59 Å². The van der Waals surface area contributed by atoms with E-state index >= 15 is 0 Å². The Morgan fingerprint density at radius 1 is 1.33 bits per heavy atom. The van der Waals surface area contributed by atoms with Crippen molar-refractivity contribution >= 4 is 29.1 Å². The Bertz CT molecular complexity index is 502. The molecule has 2 N–H and O–H groups in total. The van der Waals surface area contributed by atoms with Crippen LogP contribution in [0.3, 0.4) is 0 Å². The third-order valence-electron chi connectivity index (χ3n) is 3.25. The molecule has 1 fully saturated rings. The molecule has 1 aromatic heterocycles. The topological polar surface area (TPSA) is 78.5 Å². The smallest absolute Gasteiger partial charge is 0.261 e. The predicted molar refractivity (Wildman–Crippen MR) is 80.1 cm³/mol. The largest absolute Gasteiger partial charge is 0.355 e. The lowest BCUT2D eigenvalue weighted by atomic mass is 10.3. The van der Waals surface area contributed by atoms with E-state index in [9.17, 15) is 14.4 Å². The number of nitrogens with zero attached hydrogens (tertiary/aromatic N) is 1. The molecule has 0 bridgehead atoms. The fourth-order valence-corrected chi connectivity index (χ4v) is 2.80. The van der Waals surface area contributed by atoms with E-state index in [0.717, 1.165) is 19.4 Å². The Kier molecular flexibility index (Phi) is 5.74. The highest BCUT2D eigenvalue weighted by Gasteiger charge is 2.19. The number of hydrogen-bond acceptors (Lipinski definition) is 4. The van der Waals surface area contributed by atoms with E-state index in [0.29, 0.717) is 24.4 Å². The monoisotopic (exact) mass is 309 g/mol. The van der Waals surface area contributed by atoms with Gasteiger partial charge in [-0.3, -0.25) is 14.4 Å². The summed E-state index contributed by atoms with van der Waals surface area (Å²) in [5.41, 5.74) is 0. The van der Waals surface area contributed by atoms with E-state index in [1.807, 2.05) is 10.3 Å². The molecule has 0 aromatic carbocycles. The van der Waals surface area contributed by atoms with Gasteiger partial charge < -0.3 is 15.5 Å². The average molecular weight is 309 g/mol. The summed E-state index contributed by atoms with van der Waals surface area (Å²) >= 11 is 1.34. The van der Waals surface area contributed by atoms with Crippen molar-refractivity contribution in [1.29, 1.82) is 0 Å². The first-order chi connectivity index (χ1) is 10.2. The second-order valence-corrected chi connectivity index (χ2v) is 5.80. The maximum Gasteiger partial charge on any atom is 0.261 e. The number of hydrogen-bond donors (Lipinski definition) is 2. The number of rotatable bonds is 7. The molecule has 2 heterocycles. The van der Waals surface area contributed by atoms with Gasteiger partial charge in [-0.05, 0) is 24.3 Å². The summed E-state index contributed by atoms with van der Waals surface area (Å²) in [6, 6.07) is 3.50. The maximum atomic E-state index is 11.6. The van der Waals surface area contributed by atoms with Gasteiger partial charge in [0.25, 0.3) is 5.91 Å². The first-order valence-electron chi connectivity index (χ1n) is 7.03. The Morgan fingerprint density at radius 2 is 2.19 bits per heavy atom. The molecule has 1 aliphatic rings. The Hall–Kier alpha value is -1.89. The van der Waals surface area contributed by atoms with Gasteiger partial charge in [-0.25, -0.2) is 0 Å². The van der Waals surface area contributed by atoms with Crippen molar-refractivity contribution < 1.29 is 14.4 Å². The fraction of sp³-hybridized carbons (Fsp3) is 0.500. The van der Waals surface area contributed by atoms with Crippen LogP contribution in [0.2, 0.25) is 0 Å². The van der Waals surface area contributed by atoms with Crippen LogP contribution in [0.1, 0.15) is 28.9 Å². The molecular weight excluding hydrogens is 290 g/mol. The molecule has 0 spiro atoms. The molecule has 7 heteroatoms. The van der Waals surface area contributed by atoms with E-state index in [-0.39, 0.29) is 24.3 Å². The summed E-state index contributed by atoms with van der Waals surface area (Å²) < 4.78 is 0. The number of carbonyl (C=O) groups excluding carboxylic acids is 3. The van der Waals surface area contributed by atoms with Crippen molar-refractivity contribution in [3.63, 3.8) is 0 Å². The number of amides is 3. The van der Waals surface area contributed by atoms with Crippen LogP contribution in [0.25, 0.3) is 0 Å². The molecule has 0 aliphatic carbocycles. The van der Waals surface area contributed by atoms with Gasteiger partial charge in [0.15, 0.2) is 0 Å². The molecule has 1 aliphatic heterocycles. The molecule has 1 aromatic rings. The van der Waals surface area contributed by atoms with Crippen LogP contribution in [0.5, 0.6) is 0 Å². The quantitative estimate of drug-likeness (QED) is 0.724. The molecule has 3 amide bonds. The van der Waals surface area contributed by atoms with Crippen LogP contribution in [0.4, 0.5) is 0 Å². The minimum Gasteiger partial charge on any atom is -0.355 e. The zero-order valence-corrected chi connectivity index (χ0v) is 12.6. The molecule has 1 saturated heterocycles. The molecule has 0 saturated carbocycles. The molecule has 0 atom stereocenters. The minimum atomic E-state index is -0.234. The molecule has 21 heavy (non-hydrogen) atoms. The zero-order chi connectivity index (χ0) is 15.1. The fourth-order valence-electron chi connectivity index (χ4n) is 2.16.